The molecule has 3 heteroatoms. The Balaban J connectivity index is 2.47. The summed E-state index contributed by atoms with van der Waals surface area (Å²) < 4.78 is 13.2. The van der Waals surface area contributed by atoms with Crippen LogP contribution in [0.2, 0.25) is 5.02 Å². The second kappa shape index (κ2) is 4.91. The van der Waals surface area contributed by atoms with Gasteiger partial charge in [-0.1, -0.05) is 29.8 Å². The molecule has 0 saturated carbocycles. The molecule has 0 bridgehead atoms. The lowest BCUT2D eigenvalue weighted by Crippen LogP contribution is -2.04. The number of carbonyl (C=O) groups is 1. The van der Waals surface area contributed by atoms with Crippen LogP contribution in [0, 0.1) is 19.7 Å². The number of ketones is 1. The fraction of sp³-hybridized carbons (Fsp3) is 0.133. The van der Waals surface area contributed by atoms with Gasteiger partial charge in [-0.25, -0.2) is 4.39 Å². The standard InChI is InChI=1S/C15H12ClFO/c1-9-4-6-12(17)8-13(9)15(18)11-5-3-10(2)14(16)7-11/h3-8H,1-2H3. The van der Waals surface area contributed by atoms with Crippen LogP contribution in [0.1, 0.15) is 27.0 Å². The highest BCUT2D eigenvalue weighted by Gasteiger charge is 2.13. The molecule has 0 amide bonds. The van der Waals surface area contributed by atoms with Gasteiger partial charge in [0.2, 0.25) is 0 Å². The molecule has 0 radical (unpaired) electrons. The Morgan fingerprint density at radius 1 is 1.06 bits per heavy atom. The molecule has 2 aromatic carbocycles. The van der Waals surface area contributed by atoms with E-state index in [-0.39, 0.29) is 5.78 Å². The second-order valence-electron chi connectivity index (χ2n) is 4.25. The maximum Gasteiger partial charge on any atom is 0.193 e. The topological polar surface area (TPSA) is 17.1 Å². The number of hydrogen-bond donors (Lipinski definition) is 0. The first-order valence-electron chi connectivity index (χ1n) is 5.56. The van der Waals surface area contributed by atoms with Crippen LogP contribution in [0.15, 0.2) is 36.4 Å². The van der Waals surface area contributed by atoms with Crippen molar-refractivity contribution in [3.63, 3.8) is 0 Å². The van der Waals surface area contributed by atoms with Crippen LogP contribution in [0.5, 0.6) is 0 Å². The second-order valence-corrected chi connectivity index (χ2v) is 4.66. The molecule has 0 unspecified atom stereocenters. The van der Waals surface area contributed by atoms with E-state index in [4.69, 9.17) is 11.6 Å². The average molecular weight is 263 g/mol. The molecule has 2 aromatic rings. The van der Waals surface area contributed by atoms with Gasteiger partial charge in [-0.05, 0) is 43.2 Å². The summed E-state index contributed by atoms with van der Waals surface area (Å²) in [7, 11) is 0. The van der Waals surface area contributed by atoms with E-state index in [0.29, 0.717) is 16.1 Å². The van der Waals surface area contributed by atoms with Crippen LogP contribution in [-0.4, -0.2) is 5.78 Å². The van der Waals surface area contributed by atoms with Crippen molar-refractivity contribution >= 4 is 17.4 Å². The quantitative estimate of drug-likeness (QED) is 0.737. The van der Waals surface area contributed by atoms with Gasteiger partial charge in [0, 0.05) is 16.1 Å². The molecule has 0 heterocycles. The maximum absolute atomic E-state index is 13.2. The van der Waals surface area contributed by atoms with Crippen LogP contribution in [0.3, 0.4) is 0 Å². The molecule has 0 saturated heterocycles. The van der Waals surface area contributed by atoms with Gasteiger partial charge < -0.3 is 0 Å². The largest absolute Gasteiger partial charge is 0.289 e. The molecular weight excluding hydrogens is 251 g/mol. The molecular formula is C15H12ClFO. The number of hydrogen-bond acceptors (Lipinski definition) is 1. The van der Waals surface area contributed by atoms with Crippen molar-refractivity contribution in [2.45, 2.75) is 13.8 Å². The normalized spacial score (nSPS) is 10.4. The fourth-order valence-corrected chi connectivity index (χ4v) is 1.91. The predicted molar refractivity (Wildman–Crippen MR) is 70.8 cm³/mol. The summed E-state index contributed by atoms with van der Waals surface area (Å²) in [6, 6.07) is 9.29. The van der Waals surface area contributed by atoms with Crippen molar-refractivity contribution in [1.29, 1.82) is 0 Å². The molecule has 0 aliphatic rings. The Morgan fingerprint density at radius 3 is 2.39 bits per heavy atom. The van der Waals surface area contributed by atoms with Gasteiger partial charge >= 0.3 is 0 Å². The minimum absolute atomic E-state index is 0.214. The van der Waals surface area contributed by atoms with E-state index >= 15 is 0 Å². The van der Waals surface area contributed by atoms with E-state index in [1.165, 1.54) is 12.1 Å². The zero-order chi connectivity index (χ0) is 13.3. The molecule has 0 fully saturated rings. The number of halogens is 2. The molecule has 0 N–H and O–H groups in total. The highest BCUT2D eigenvalue weighted by Crippen LogP contribution is 2.21. The van der Waals surface area contributed by atoms with Crippen LogP contribution in [-0.2, 0) is 0 Å². The van der Waals surface area contributed by atoms with E-state index in [2.05, 4.69) is 0 Å². The third-order valence-corrected chi connectivity index (χ3v) is 3.29. The monoisotopic (exact) mass is 262 g/mol. The molecule has 0 spiro atoms. The summed E-state index contributed by atoms with van der Waals surface area (Å²) in [5.41, 5.74) is 2.50. The summed E-state index contributed by atoms with van der Waals surface area (Å²) in [6.45, 7) is 3.65. The van der Waals surface area contributed by atoms with Crippen molar-refractivity contribution < 1.29 is 9.18 Å². The van der Waals surface area contributed by atoms with Gasteiger partial charge in [0.1, 0.15) is 5.82 Å². The number of rotatable bonds is 2. The minimum Gasteiger partial charge on any atom is -0.289 e. The van der Waals surface area contributed by atoms with Gasteiger partial charge in [-0.3, -0.25) is 4.79 Å². The van der Waals surface area contributed by atoms with Crippen molar-refractivity contribution in [2.24, 2.45) is 0 Å². The Hall–Kier alpha value is -1.67. The summed E-state index contributed by atoms with van der Waals surface area (Å²) in [6.07, 6.45) is 0. The molecule has 2 rings (SSSR count). The SMILES string of the molecule is Cc1ccc(C(=O)c2cc(F)ccc2C)cc1Cl. The highest BCUT2D eigenvalue weighted by atomic mass is 35.5. The Labute approximate surface area is 110 Å². The van der Waals surface area contributed by atoms with Crippen LogP contribution in [0.4, 0.5) is 4.39 Å². The van der Waals surface area contributed by atoms with Crippen LogP contribution in [0.25, 0.3) is 0 Å². The van der Waals surface area contributed by atoms with Gasteiger partial charge in [0.15, 0.2) is 5.78 Å². The molecule has 92 valence electrons. The Bertz CT molecular complexity index is 620. The van der Waals surface area contributed by atoms with Gasteiger partial charge in [0.05, 0.1) is 0 Å². The zero-order valence-electron chi connectivity index (χ0n) is 10.1. The maximum atomic E-state index is 13.2. The van der Waals surface area contributed by atoms with Gasteiger partial charge in [-0.2, -0.15) is 0 Å². The smallest absolute Gasteiger partial charge is 0.193 e. The molecule has 0 aromatic heterocycles. The summed E-state index contributed by atoms with van der Waals surface area (Å²) in [5, 5.41) is 0.537. The zero-order valence-corrected chi connectivity index (χ0v) is 10.9. The van der Waals surface area contributed by atoms with E-state index in [1.54, 1.807) is 31.2 Å². The summed E-state index contributed by atoms with van der Waals surface area (Å²) in [5.74, 6) is -0.629. The van der Waals surface area contributed by atoms with E-state index in [1.807, 2.05) is 6.92 Å². The number of benzene rings is 2. The Morgan fingerprint density at radius 2 is 1.72 bits per heavy atom. The molecule has 0 aliphatic carbocycles. The molecule has 18 heavy (non-hydrogen) atoms. The first-order valence-corrected chi connectivity index (χ1v) is 5.94. The number of aryl methyl sites for hydroxylation is 2. The van der Waals surface area contributed by atoms with Crippen molar-refractivity contribution in [1.82, 2.24) is 0 Å². The van der Waals surface area contributed by atoms with Gasteiger partial charge in [0.25, 0.3) is 0 Å². The lowest BCUT2D eigenvalue weighted by Gasteiger charge is -2.06. The molecule has 1 nitrogen and oxygen atoms in total. The van der Waals surface area contributed by atoms with Crippen molar-refractivity contribution in [3.8, 4) is 0 Å². The Kier molecular flexibility index (Phi) is 3.48. The summed E-state index contributed by atoms with van der Waals surface area (Å²) >= 11 is 5.99. The first kappa shape index (κ1) is 12.8. The molecule has 0 aliphatic heterocycles. The lowest BCUT2D eigenvalue weighted by atomic mass is 9.98. The summed E-state index contributed by atoms with van der Waals surface area (Å²) in [4.78, 5) is 12.3. The minimum atomic E-state index is -0.415. The third-order valence-electron chi connectivity index (χ3n) is 2.88. The van der Waals surface area contributed by atoms with Crippen LogP contribution < -0.4 is 0 Å². The third kappa shape index (κ3) is 2.44. The highest BCUT2D eigenvalue weighted by molar-refractivity contribution is 6.31. The number of carbonyl (C=O) groups excluding carboxylic acids is 1. The lowest BCUT2D eigenvalue weighted by molar-refractivity contribution is 0.103. The van der Waals surface area contributed by atoms with Crippen LogP contribution >= 0.6 is 11.6 Å². The van der Waals surface area contributed by atoms with Crippen molar-refractivity contribution in [3.05, 3.63) is 69.5 Å². The van der Waals surface area contributed by atoms with E-state index in [0.717, 1.165) is 11.1 Å². The predicted octanol–water partition coefficient (Wildman–Crippen LogP) is 4.33. The van der Waals surface area contributed by atoms with E-state index < -0.39 is 5.82 Å². The van der Waals surface area contributed by atoms with E-state index in [9.17, 15) is 9.18 Å². The molecule has 0 atom stereocenters. The average Bonchev–Trinajstić information content (AvgIpc) is 2.35. The fourth-order valence-electron chi connectivity index (χ4n) is 1.73. The van der Waals surface area contributed by atoms with Gasteiger partial charge in [-0.15, -0.1) is 0 Å². The van der Waals surface area contributed by atoms with Crippen molar-refractivity contribution in [2.75, 3.05) is 0 Å². The first-order chi connectivity index (χ1) is 8.49.